The van der Waals surface area contributed by atoms with Crippen molar-refractivity contribution >= 4 is 11.6 Å². The molecule has 0 bridgehead atoms. The van der Waals surface area contributed by atoms with Gasteiger partial charge in [0.05, 0.1) is 0 Å². The summed E-state index contributed by atoms with van der Waals surface area (Å²) in [6.07, 6.45) is 1.38. The minimum absolute atomic E-state index is 0.0643. The fraction of sp³-hybridized carbons (Fsp3) is 0.294. The first kappa shape index (κ1) is 15.8. The predicted octanol–water partition coefficient (Wildman–Crippen LogP) is 4.72. The molecule has 4 heteroatoms. The van der Waals surface area contributed by atoms with Crippen LogP contribution in [0.4, 0.5) is 4.39 Å². The van der Waals surface area contributed by atoms with Crippen LogP contribution in [0.5, 0.6) is 11.5 Å². The number of aryl methyl sites for hydroxylation is 1. The van der Waals surface area contributed by atoms with Crippen LogP contribution in [-0.2, 0) is 12.8 Å². The van der Waals surface area contributed by atoms with Gasteiger partial charge in [-0.2, -0.15) is 0 Å². The van der Waals surface area contributed by atoms with Gasteiger partial charge in [-0.15, -0.1) is 0 Å². The van der Waals surface area contributed by atoms with E-state index in [-0.39, 0.29) is 11.9 Å². The maximum atomic E-state index is 13.4. The van der Waals surface area contributed by atoms with Crippen molar-refractivity contribution in [2.45, 2.75) is 32.7 Å². The van der Waals surface area contributed by atoms with E-state index in [1.54, 1.807) is 12.1 Å². The molecule has 2 aromatic rings. The van der Waals surface area contributed by atoms with Crippen LogP contribution in [0.2, 0.25) is 5.02 Å². The highest BCUT2D eigenvalue weighted by Gasteiger charge is 2.10. The molecule has 0 aliphatic rings. The topological polar surface area (TPSA) is 35.2 Å². The molecule has 0 spiro atoms. The maximum Gasteiger partial charge on any atom is 0.130 e. The molecule has 21 heavy (non-hydrogen) atoms. The molecule has 1 atom stereocenters. The van der Waals surface area contributed by atoms with Gasteiger partial charge >= 0.3 is 0 Å². The van der Waals surface area contributed by atoms with Crippen LogP contribution >= 0.6 is 11.6 Å². The molecule has 2 N–H and O–H groups in total. The molecule has 2 nitrogen and oxygen atoms in total. The summed E-state index contributed by atoms with van der Waals surface area (Å²) in [5.74, 6) is 1.02. The summed E-state index contributed by atoms with van der Waals surface area (Å²) in [4.78, 5) is 0. The summed E-state index contributed by atoms with van der Waals surface area (Å²) >= 11 is 6.10. The fourth-order valence-corrected chi connectivity index (χ4v) is 2.42. The van der Waals surface area contributed by atoms with Crippen molar-refractivity contribution in [1.82, 2.24) is 0 Å². The van der Waals surface area contributed by atoms with Crippen molar-refractivity contribution in [3.05, 3.63) is 58.4 Å². The Balaban J connectivity index is 2.30. The van der Waals surface area contributed by atoms with E-state index in [1.807, 2.05) is 26.0 Å². The third-order valence-electron chi connectivity index (χ3n) is 3.19. The smallest absolute Gasteiger partial charge is 0.130 e. The van der Waals surface area contributed by atoms with Crippen LogP contribution in [0.25, 0.3) is 0 Å². The molecule has 1 unspecified atom stereocenters. The molecule has 0 aliphatic heterocycles. The average molecular weight is 308 g/mol. The van der Waals surface area contributed by atoms with Crippen LogP contribution in [0.1, 0.15) is 25.0 Å². The Kier molecular flexibility index (Phi) is 5.21. The third kappa shape index (κ3) is 4.19. The highest BCUT2D eigenvalue weighted by Crippen LogP contribution is 2.30. The molecular formula is C17H19ClFNO. The van der Waals surface area contributed by atoms with Crippen molar-refractivity contribution in [3.63, 3.8) is 0 Å². The highest BCUT2D eigenvalue weighted by atomic mass is 35.5. The van der Waals surface area contributed by atoms with E-state index >= 15 is 0 Å². The Bertz CT molecular complexity index is 628. The van der Waals surface area contributed by atoms with Gasteiger partial charge in [-0.25, -0.2) is 4.39 Å². The Morgan fingerprint density at radius 1 is 1.19 bits per heavy atom. The van der Waals surface area contributed by atoms with E-state index in [0.29, 0.717) is 17.9 Å². The van der Waals surface area contributed by atoms with Crippen LogP contribution in [0.15, 0.2) is 36.4 Å². The van der Waals surface area contributed by atoms with Gasteiger partial charge in [0.2, 0.25) is 0 Å². The number of hydrogen-bond acceptors (Lipinski definition) is 2. The molecule has 0 fully saturated rings. The summed E-state index contributed by atoms with van der Waals surface area (Å²) in [7, 11) is 0. The van der Waals surface area contributed by atoms with Gasteiger partial charge in [0, 0.05) is 11.1 Å². The van der Waals surface area contributed by atoms with E-state index in [1.165, 1.54) is 12.1 Å². The van der Waals surface area contributed by atoms with Crippen molar-refractivity contribution in [2.24, 2.45) is 5.73 Å². The van der Waals surface area contributed by atoms with Crippen LogP contribution in [-0.4, -0.2) is 6.04 Å². The molecule has 112 valence electrons. The molecule has 0 radical (unpaired) electrons. The molecule has 0 saturated heterocycles. The zero-order valence-corrected chi connectivity index (χ0v) is 13.0. The fourth-order valence-electron chi connectivity index (χ4n) is 2.17. The second-order valence-electron chi connectivity index (χ2n) is 5.14. The molecular weight excluding hydrogens is 289 g/mol. The minimum atomic E-state index is -0.289. The molecule has 0 amide bonds. The SMILES string of the molecule is CCc1cc(Oc2ccc(F)cc2CC(C)N)ccc1Cl. The molecule has 0 heterocycles. The number of nitrogens with two attached hydrogens (primary N) is 1. The monoisotopic (exact) mass is 307 g/mol. The van der Waals surface area contributed by atoms with Crippen molar-refractivity contribution in [2.75, 3.05) is 0 Å². The van der Waals surface area contributed by atoms with E-state index in [4.69, 9.17) is 22.1 Å². The maximum absolute atomic E-state index is 13.4. The van der Waals surface area contributed by atoms with Crippen molar-refractivity contribution < 1.29 is 9.13 Å². The first-order valence-corrected chi connectivity index (χ1v) is 7.37. The molecule has 2 rings (SSSR count). The van der Waals surface area contributed by atoms with Gasteiger partial charge in [0.1, 0.15) is 17.3 Å². The van der Waals surface area contributed by atoms with Crippen LogP contribution in [0, 0.1) is 5.82 Å². The van der Waals surface area contributed by atoms with E-state index in [0.717, 1.165) is 22.6 Å². The number of benzene rings is 2. The first-order valence-electron chi connectivity index (χ1n) is 7.00. The summed E-state index contributed by atoms with van der Waals surface area (Å²) < 4.78 is 19.3. The second-order valence-corrected chi connectivity index (χ2v) is 5.55. The zero-order valence-electron chi connectivity index (χ0n) is 12.2. The van der Waals surface area contributed by atoms with Gasteiger partial charge in [0.25, 0.3) is 0 Å². The van der Waals surface area contributed by atoms with Crippen molar-refractivity contribution in [1.29, 1.82) is 0 Å². The van der Waals surface area contributed by atoms with Gasteiger partial charge in [0.15, 0.2) is 0 Å². The summed E-state index contributed by atoms with van der Waals surface area (Å²) in [6.45, 7) is 3.91. The lowest BCUT2D eigenvalue weighted by atomic mass is 10.1. The second kappa shape index (κ2) is 6.92. The molecule has 0 aliphatic carbocycles. The van der Waals surface area contributed by atoms with Gasteiger partial charge in [-0.3, -0.25) is 0 Å². The van der Waals surface area contributed by atoms with Gasteiger partial charge in [-0.05, 0) is 67.3 Å². The summed E-state index contributed by atoms with van der Waals surface area (Å²) in [5, 5.41) is 0.722. The molecule has 0 aromatic heterocycles. The largest absolute Gasteiger partial charge is 0.457 e. The lowest BCUT2D eigenvalue weighted by Gasteiger charge is -2.14. The zero-order chi connectivity index (χ0) is 15.4. The standard InChI is InChI=1S/C17H19ClFNO/c1-3-12-10-15(5-6-16(12)18)21-17-7-4-14(19)9-13(17)8-11(2)20/h4-7,9-11H,3,8,20H2,1-2H3. The van der Waals surface area contributed by atoms with Crippen LogP contribution < -0.4 is 10.5 Å². The van der Waals surface area contributed by atoms with Gasteiger partial charge in [-0.1, -0.05) is 18.5 Å². The highest BCUT2D eigenvalue weighted by molar-refractivity contribution is 6.31. The van der Waals surface area contributed by atoms with Gasteiger partial charge < -0.3 is 10.5 Å². The van der Waals surface area contributed by atoms with Crippen LogP contribution in [0.3, 0.4) is 0 Å². The Morgan fingerprint density at radius 3 is 2.62 bits per heavy atom. The lowest BCUT2D eigenvalue weighted by Crippen LogP contribution is -2.18. The lowest BCUT2D eigenvalue weighted by molar-refractivity contribution is 0.470. The number of halogens is 2. The quantitative estimate of drug-likeness (QED) is 0.867. The van der Waals surface area contributed by atoms with E-state index < -0.39 is 0 Å². The van der Waals surface area contributed by atoms with E-state index in [9.17, 15) is 4.39 Å². The summed E-state index contributed by atoms with van der Waals surface area (Å²) in [5.41, 5.74) is 7.59. The molecule has 0 saturated carbocycles. The predicted molar refractivity (Wildman–Crippen MR) is 84.7 cm³/mol. The van der Waals surface area contributed by atoms with E-state index in [2.05, 4.69) is 0 Å². The number of rotatable bonds is 5. The first-order chi connectivity index (χ1) is 9.99. The molecule has 2 aromatic carbocycles. The number of ether oxygens (including phenoxy) is 1. The average Bonchev–Trinajstić information content (AvgIpc) is 2.43. The Morgan fingerprint density at radius 2 is 1.95 bits per heavy atom. The normalized spacial score (nSPS) is 12.2. The third-order valence-corrected chi connectivity index (χ3v) is 3.56. The minimum Gasteiger partial charge on any atom is -0.457 e. The van der Waals surface area contributed by atoms with Crippen molar-refractivity contribution in [3.8, 4) is 11.5 Å². The Labute approximate surface area is 129 Å². The summed E-state index contributed by atoms with van der Waals surface area (Å²) in [6, 6.07) is 9.94. The Hall–Kier alpha value is -1.58. The number of hydrogen-bond donors (Lipinski definition) is 1.